The van der Waals surface area contributed by atoms with Gasteiger partial charge in [0.05, 0.1) is 6.10 Å². The largest absolute Gasteiger partial charge is 0.450 e. The van der Waals surface area contributed by atoms with E-state index in [1.165, 1.54) is 19.3 Å². The molecule has 2 nitrogen and oxygen atoms in total. The van der Waals surface area contributed by atoms with Gasteiger partial charge in [-0.1, -0.05) is 72.4 Å². The quantitative estimate of drug-likeness (QED) is 0.231. The van der Waals surface area contributed by atoms with Crippen molar-refractivity contribution in [3.63, 3.8) is 0 Å². The second-order valence-electron chi connectivity index (χ2n) is 10.9. The Balaban J connectivity index is 1.58. The maximum absolute atomic E-state index is 15.3. The van der Waals surface area contributed by atoms with Crippen molar-refractivity contribution in [2.24, 2.45) is 17.8 Å². The molecule has 3 rings (SSSR count). The molecular weight excluding hydrogens is 461 g/mol. The van der Waals surface area contributed by atoms with Gasteiger partial charge in [-0.25, -0.2) is 8.78 Å². The van der Waals surface area contributed by atoms with Gasteiger partial charge >= 0.3 is 0 Å². The zero-order chi connectivity index (χ0) is 26.4. The first-order valence-corrected chi connectivity index (χ1v) is 13.8. The summed E-state index contributed by atoms with van der Waals surface area (Å²) >= 11 is 0. The molecule has 1 aliphatic rings. The van der Waals surface area contributed by atoms with E-state index in [9.17, 15) is 8.78 Å². The van der Waals surface area contributed by atoms with E-state index in [0.717, 1.165) is 5.92 Å². The number of benzene rings is 2. The molecule has 0 bridgehead atoms. The highest BCUT2D eigenvalue weighted by atomic mass is 19.2. The van der Waals surface area contributed by atoms with Crippen molar-refractivity contribution in [3.8, 4) is 11.5 Å². The maximum Gasteiger partial charge on any atom is 0.201 e. The van der Waals surface area contributed by atoms with Crippen LogP contribution in [0, 0.1) is 35.2 Å². The van der Waals surface area contributed by atoms with E-state index in [1.807, 2.05) is 19.9 Å². The lowest BCUT2D eigenvalue weighted by Gasteiger charge is -2.24. The molecule has 1 aliphatic heterocycles. The number of fused-ring (bicyclic) bond motifs is 2. The lowest BCUT2D eigenvalue weighted by atomic mass is 9.88. The lowest BCUT2D eigenvalue weighted by Crippen LogP contribution is -2.20. The molecule has 2 aromatic rings. The number of rotatable bonds is 13. The van der Waals surface area contributed by atoms with Gasteiger partial charge < -0.3 is 9.47 Å². The summed E-state index contributed by atoms with van der Waals surface area (Å²) in [4.78, 5) is 0. The molecule has 0 radical (unpaired) electrons. The third-order valence-electron chi connectivity index (χ3n) is 7.92. The Morgan fingerprint density at radius 3 is 2.22 bits per heavy atom. The SMILES string of the molecule is CCCc1cc2c(c(F)c1F)Oc1c(ccc(CCC(C)OCC(C)C(C)CCC(C)CC)c1F)C2. The summed E-state index contributed by atoms with van der Waals surface area (Å²) < 4.78 is 56.2. The van der Waals surface area contributed by atoms with Gasteiger partial charge in [-0.3, -0.25) is 0 Å². The van der Waals surface area contributed by atoms with Crippen LogP contribution in [0.3, 0.4) is 0 Å². The molecule has 1 heterocycles. The summed E-state index contributed by atoms with van der Waals surface area (Å²) in [6, 6.07) is 5.27. The Hall–Kier alpha value is -2.01. The lowest BCUT2D eigenvalue weighted by molar-refractivity contribution is 0.0259. The Labute approximate surface area is 215 Å². The third kappa shape index (κ3) is 6.85. The molecule has 4 unspecified atom stereocenters. The van der Waals surface area contributed by atoms with E-state index in [2.05, 4.69) is 27.7 Å². The van der Waals surface area contributed by atoms with Crippen LogP contribution in [0.1, 0.15) is 95.9 Å². The first-order chi connectivity index (χ1) is 17.2. The Morgan fingerprint density at radius 2 is 1.53 bits per heavy atom. The van der Waals surface area contributed by atoms with E-state index in [0.29, 0.717) is 72.8 Å². The number of aryl methyl sites for hydroxylation is 2. The van der Waals surface area contributed by atoms with Crippen molar-refractivity contribution in [1.82, 2.24) is 0 Å². The van der Waals surface area contributed by atoms with Crippen molar-refractivity contribution >= 4 is 0 Å². The molecule has 0 N–H and O–H groups in total. The second kappa shape index (κ2) is 13.0. The summed E-state index contributed by atoms with van der Waals surface area (Å²) in [6.45, 7) is 13.7. The highest BCUT2D eigenvalue weighted by molar-refractivity contribution is 5.53. The minimum Gasteiger partial charge on any atom is -0.450 e. The molecule has 0 amide bonds. The minimum atomic E-state index is -1.03. The Bertz CT molecular complexity index is 1020. The zero-order valence-electron chi connectivity index (χ0n) is 22.9. The number of hydrogen-bond donors (Lipinski definition) is 0. The van der Waals surface area contributed by atoms with Crippen molar-refractivity contribution in [2.75, 3.05) is 6.61 Å². The van der Waals surface area contributed by atoms with Crippen molar-refractivity contribution in [2.45, 2.75) is 99.0 Å². The highest BCUT2D eigenvalue weighted by Crippen LogP contribution is 2.42. The van der Waals surface area contributed by atoms with Crippen molar-refractivity contribution in [3.05, 3.63) is 57.9 Å². The third-order valence-corrected chi connectivity index (χ3v) is 7.92. The highest BCUT2D eigenvalue weighted by Gasteiger charge is 2.28. The molecule has 0 spiro atoms. The van der Waals surface area contributed by atoms with Crippen molar-refractivity contribution < 1.29 is 22.6 Å². The van der Waals surface area contributed by atoms with Crippen LogP contribution >= 0.6 is 0 Å². The molecule has 0 aromatic heterocycles. The van der Waals surface area contributed by atoms with Crippen LogP contribution in [0.5, 0.6) is 11.5 Å². The normalized spacial score (nSPS) is 16.0. The number of ether oxygens (including phenoxy) is 2. The molecular formula is C31H43F3O2. The summed E-state index contributed by atoms with van der Waals surface area (Å²) in [5.74, 6) is -0.757. The van der Waals surface area contributed by atoms with Crippen LogP contribution in [0.25, 0.3) is 0 Å². The van der Waals surface area contributed by atoms with E-state index in [1.54, 1.807) is 12.1 Å². The van der Waals surface area contributed by atoms with Crippen LogP contribution < -0.4 is 4.74 Å². The Kier molecular flexibility index (Phi) is 10.3. The summed E-state index contributed by atoms with van der Waals surface area (Å²) in [5, 5.41) is 0. The smallest absolute Gasteiger partial charge is 0.201 e. The van der Waals surface area contributed by atoms with E-state index >= 15 is 4.39 Å². The summed E-state index contributed by atoms with van der Waals surface area (Å²) in [7, 11) is 0. The van der Waals surface area contributed by atoms with Crippen LogP contribution in [-0.4, -0.2) is 12.7 Å². The fourth-order valence-electron chi connectivity index (χ4n) is 4.76. The summed E-state index contributed by atoms with van der Waals surface area (Å²) in [5.41, 5.74) is 2.06. The van der Waals surface area contributed by atoms with Gasteiger partial charge in [-0.15, -0.1) is 0 Å². The van der Waals surface area contributed by atoms with E-state index < -0.39 is 17.5 Å². The first kappa shape index (κ1) is 28.6. The van der Waals surface area contributed by atoms with E-state index in [-0.39, 0.29) is 17.6 Å². The second-order valence-corrected chi connectivity index (χ2v) is 10.9. The van der Waals surface area contributed by atoms with Gasteiger partial charge in [0.2, 0.25) is 5.82 Å². The van der Waals surface area contributed by atoms with Crippen LogP contribution in [0.15, 0.2) is 18.2 Å². The monoisotopic (exact) mass is 504 g/mol. The first-order valence-electron chi connectivity index (χ1n) is 13.8. The fraction of sp³-hybridized carbons (Fsp3) is 0.613. The standard InChI is InChI=1S/C31H43F3O2/c1-7-9-24-16-26-17-25-15-14-23(28(33)30(25)36-31(26)29(34)27(24)32)13-12-22(6)35-18-21(5)20(4)11-10-19(3)8-2/h14-16,19-22H,7-13,17-18H2,1-6H3. The zero-order valence-corrected chi connectivity index (χ0v) is 22.9. The summed E-state index contributed by atoms with van der Waals surface area (Å²) in [6.07, 6.45) is 6.31. The topological polar surface area (TPSA) is 18.5 Å². The van der Waals surface area contributed by atoms with Gasteiger partial charge in [0.25, 0.3) is 0 Å². The molecule has 0 aliphatic carbocycles. The molecule has 200 valence electrons. The van der Waals surface area contributed by atoms with Gasteiger partial charge in [-0.05, 0) is 61.1 Å². The van der Waals surface area contributed by atoms with Crippen LogP contribution in [0.2, 0.25) is 0 Å². The van der Waals surface area contributed by atoms with Gasteiger partial charge in [0.1, 0.15) is 0 Å². The molecule has 2 aromatic carbocycles. The van der Waals surface area contributed by atoms with E-state index in [4.69, 9.17) is 9.47 Å². The molecule has 0 saturated heterocycles. The average Bonchev–Trinajstić information content (AvgIpc) is 2.87. The predicted octanol–water partition coefficient (Wildman–Crippen LogP) is 9.19. The van der Waals surface area contributed by atoms with Crippen molar-refractivity contribution in [1.29, 1.82) is 0 Å². The van der Waals surface area contributed by atoms with Gasteiger partial charge in [0.15, 0.2) is 23.1 Å². The molecule has 0 fully saturated rings. The molecule has 0 saturated carbocycles. The van der Waals surface area contributed by atoms with Crippen LogP contribution in [-0.2, 0) is 24.0 Å². The number of hydrogen-bond acceptors (Lipinski definition) is 2. The molecule has 4 atom stereocenters. The predicted molar refractivity (Wildman–Crippen MR) is 140 cm³/mol. The fourth-order valence-corrected chi connectivity index (χ4v) is 4.76. The number of halogens is 3. The average molecular weight is 505 g/mol. The maximum atomic E-state index is 15.3. The van der Waals surface area contributed by atoms with Gasteiger partial charge in [0, 0.05) is 24.2 Å². The van der Waals surface area contributed by atoms with Gasteiger partial charge in [-0.2, -0.15) is 4.39 Å². The molecule has 36 heavy (non-hydrogen) atoms. The Morgan fingerprint density at radius 1 is 0.806 bits per heavy atom. The minimum absolute atomic E-state index is 0.00480. The molecule has 5 heteroatoms. The van der Waals surface area contributed by atoms with Crippen LogP contribution in [0.4, 0.5) is 13.2 Å².